The molecule has 0 radical (unpaired) electrons. The van der Waals surface area contributed by atoms with Crippen molar-refractivity contribution in [2.24, 2.45) is 11.8 Å². The van der Waals surface area contributed by atoms with Crippen LogP contribution < -0.4 is 0 Å². The molecule has 62 valence electrons. The van der Waals surface area contributed by atoms with Gasteiger partial charge in [0.2, 0.25) is 0 Å². The van der Waals surface area contributed by atoms with Crippen molar-refractivity contribution < 1.29 is 0 Å². The Hall–Kier alpha value is -0.520. The highest BCUT2D eigenvalue weighted by Gasteiger charge is 2.29. The lowest BCUT2D eigenvalue weighted by atomic mass is 9.91. The Morgan fingerprint density at radius 1 is 1.55 bits per heavy atom. The fraction of sp³-hybridized carbons (Fsp3) is 0.636. The molecule has 1 unspecified atom stereocenters. The molecule has 0 aliphatic heterocycles. The van der Waals surface area contributed by atoms with Gasteiger partial charge in [-0.25, -0.2) is 0 Å². The van der Waals surface area contributed by atoms with Crippen molar-refractivity contribution in [3.63, 3.8) is 0 Å². The molecular weight excluding hydrogens is 132 g/mol. The number of hydrogen-bond donors (Lipinski definition) is 0. The standard InChI is InChI=1S/C11H18/c1-5-11(8(2)3)9(4)10-6-7-10/h5,9-10H,2,6-7H2,1,3-4H3/b11-5-. The third kappa shape index (κ3) is 1.95. The molecule has 1 fully saturated rings. The first kappa shape index (κ1) is 8.58. The molecule has 11 heavy (non-hydrogen) atoms. The van der Waals surface area contributed by atoms with Crippen LogP contribution in [0.5, 0.6) is 0 Å². The average molecular weight is 150 g/mol. The van der Waals surface area contributed by atoms with Crippen molar-refractivity contribution in [3.8, 4) is 0 Å². The SMILES string of the molecule is C=C(C)/C(=C/C)C(C)C1CC1. The van der Waals surface area contributed by atoms with Crippen molar-refractivity contribution in [2.75, 3.05) is 0 Å². The van der Waals surface area contributed by atoms with Crippen molar-refractivity contribution in [1.29, 1.82) is 0 Å². The molecule has 1 aliphatic carbocycles. The van der Waals surface area contributed by atoms with Gasteiger partial charge in [0.05, 0.1) is 0 Å². The summed E-state index contributed by atoms with van der Waals surface area (Å²) in [6.45, 7) is 10.5. The van der Waals surface area contributed by atoms with Crippen LogP contribution in [0.4, 0.5) is 0 Å². The van der Waals surface area contributed by atoms with Gasteiger partial charge in [0.15, 0.2) is 0 Å². The lowest BCUT2D eigenvalue weighted by Crippen LogP contribution is -2.02. The number of rotatable bonds is 3. The van der Waals surface area contributed by atoms with E-state index in [1.165, 1.54) is 24.0 Å². The lowest BCUT2D eigenvalue weighted by molar-refractivity contribution is 0.597. The molecular formula is C11H18. The van der Waals surface area contributed by atoms with Crippen LogP contribution in [0.3, 0.4) is 0 Å². The van der Waals surface area contributed by atoms with Gasteiger partial charge < -0.3 is 0 Å². The van der Waals surface area contributed by atoms with Gasteiger partial charge in [0.1, 0.15) is 0 Å². The van der Waals surface area contributed by atoms with Crippen LogP contribution >= 0.6 is 0 Å². The van der Waals surface area contributed by atoms with Gasteiger partial charge in [-0.2, -0.15) is 0 Å². The summed E-state index contributed by atoms with van der Waals surface area (Å²) in [6, 6.07) is 0. The van der Waals surface area contributed by atoms with E-state index in [4.69, 9.17) is 0 Å². The molecule has 1 atom stereocenters. The minimum Gasteiger partial charge on any atom is -0.0958 e. The molecule has 1 saturated carbocycles. The first-order valence-electron chi connectivity index (χ1n) is 4.49. The molecule has 0 nitrogen and oxygen atoms in total. The van der Waals surface area contributed by atoms with Crippen LogP contribution in [0.2, 0.25) is 0 Å². The fourth-order valence-electron chi connectivity index (χ4n) is 1.75. The highest BCUT2D eigenvalue weighted by Crippen LogP contribution is 2.41. The molecule has 0 N–H and O–H groups in total. The molecule has 0 bridgehead atoms. The molecule has 0 saturated heterocycles. The molecule has 0 aromatic heterocycles. The Kier molecular flexibility index (Phi) is 2.53. The summed E-state index contributed by atoms with van der Waals surface area (Å²) in [5.74, 6) is 1.70. The van der Waals surface area contributed by atoms with Crippen LogP contribution in [0, 0.1) is 11.8 Å². The maximum atomic E-state index is 3.99. The summed E-state index contributed by atoms with van der Waals surface area (Å²) in [5, 5.41) is 0. The van der Waals surface area contributed by atoms with Crippen LogP contribution in [0.15, 0.2) is 23.8 Å². The summed E-state index contributed by atoms with van der Waals surface area (Å²) in [6.07, 6.45) is 5.06. The molecule has 0 heterocycles. The molecule has 0 amide bonds. The molecule has 0 aromatic rings. The topological polar surface area (TPSA) is 0 Å². The molecule has 0 heteroatoms. The smallest absolute Gasteiger partial charge is 0.0163 e. The van der Waals surface area contributed by atoms with Crippen molar-refractivity contribution in [1.82, 2.24) is 0 Å². The molecule has 1 rings (SSSR count). The highest BCUT2D eigenvalue weighted by molar-refractivity contribution is 5.29. The quantitative estimate of drug-likeness (QED) is 0.540. The highest BCUT2D eigenvalue weighted by atomic mass is 14.3. The zero-order valence-electron chi connectivity index (χ0n) is 7.85. The van der Waals surface area contributed by atoms with Gasteiger partial charge >= 0.3 is 0 Å². The zero-order valence-corrected chi connectivity index (χ0v) is 7.85. The number of hydrogen-bond acceptors (Lipinski definition) is 0. The lowest BCUT2D eigenvalue weighted by Gasteiger charge is -2.14. The van der Waals surface area contributed by atoms with E-state index < -0.39 is 0 Å². The van der Waals surface area contributed by atoms with Crippen LogP contribution in [0.25, 0.3) is 0 Å². The second-order valence-electron chi connectivity index (χ2n) is 3.65. The minimum absolute atomic E-state index is 0.748. The first-order valence-corrected chi connectivity index (χ1v) is 4.49. The summed E-state index contributed by atoms with van der Waals surface area (Å²) < 4.78 is 0. The fourth-order valence-corrected chi connectivity index (χ4v) is 1.75. The second-order valence-corrected chi connectivity index (χ2v) is 3.65. The van der Waals surface area contributed by atoms with Crippen LogP contribution in [0.1, 0.15) is 33.6 Å². The largest absolute Gasteiger partial charge is 0.0958 e. The Morgan fingerprint density at radius 2 is 2.09 bits per heavy atom. The van der Waals surface area contributed by atoms with Crippen LogP contribution in [-0.2, 0) is 0 Å². The first-order chi connectivity index (χ1) is 5.16. The maximum Gasteiger partial charge on any atom is -0.0163 e. The van der Waals surface area contributed by atoms with E-state index in [1.54, 1.807) is 0 Å². The van der Waals surface area contributed by atoms with Crippen molar-refractivity contribution in [3.05, 3.63) is 23.8 Å². The van der Waals surface area contributed by atoms with E-state index in [2.05, 4.69) is 33.4 Å². The Morgan fingerprint density at radius 3 is 2.36 bits per heavy atom. The summed E-state index contributed by atoms with van der Waals surface area (Å²) in [4.78, 5) is 0. The van der Waals surface area contributed by atoms with E-state index in [9.17, 15) is 0 Å². The monoisotopic (exact) mass is 150 g/mol. The third-order valence-corrected chi connectivity index (χ3v) is 2.62. The Bertz CT molecular complexity index is 182. The summed E-state index contributed by atoms with van der Waals surface area (Å²) in [5.41, 5.74) is 2.71. The van der Waals surface area contributed by atoms with Crippen molar-refractivity contribution >= 4 is 0 Å². The Balaban J connectivity index is 2.61. The van der Waals surface area contributed by atoms with E-state index in [0.717, 1.165) is 11.8 Å². The van der Waals surface area contributed by atoms with Crippen molar-refractivity contribution in [2.45, 2.75) is 33.6 Å². The summed E-state index contributed by atoms with van der Waals surface area (Å²) in [7, 11) is 0. The zero-order chi connectivity index (χ0) is 8.43. The summed E-state index contributed by atoms with van der Waals surface area (Å²) >= 11 is 0. The molecule has 0 aromatic carbocycles. The van der Waals surface area contributed by atoms with Gasteiger partial charge in [-0.3, -0.25) is 0 Å². The van der Waals surface area contributed by atoms with Crippen LogP contribution in [-0.4, -0.2) is 0 Å². The second kappa shape index (κ2) is 3.25. The maximum absolute atomic E-state index is 3.99. The van der Waals surface area contributed by atoms with E-state index in [0.29, 0.717) is 0 Å². The predicted octanol–water partition coefficient (Wildman–Crippen LogP) is 3.55. The van der Waals surface area contributed by atoms with E-state index >= 15 is 0 Å². The Labute approximate surface area is 70.0 Å². The van der Waals surface area contributed by atoms with Gasteiger partial charge in [0.25, 0.3) is 0 Å². The van der Waals surface area contributed by atoms with E-state index in [1.807, 2.05) is 0 Å². The van der Waals surface area contributed by atoms with E-state index in [-0.39, 0.29) is 0 Å². The van der Waals surface area contributed by atoms with Gasteiger partial charge in [-0.15, -0.1) is 0 Å². The van der Waals surface area contributed by atoms with Gasteiger partial charge in [0, 0.05) is 0 Å². The molecule has 0 spiro atoms. The minimum atomic E-state index is 0.748. The number of allylic oxidation sites excluding steroid dienone is 3. The predicted molar refractivity (Wildman–Crippen MR) is 50.5 cm³/mol. The van der Waals surface area contributed by atoms with Gasteiger partial charge in [-0.05, 0) is 44.1 Å². The normalized spacial score (nSPS) is 21.5. The average Bonchev–Trinajstić information content (AvgIpc) is 2.68. The van der Waals surface area contributed by atoms with Gasteiger partial charge in [-0.1, -0.05) is 25.2 Å². The third-order valence-electron chi connectivity index (χ3n) is 2.62. The molecule has 1 aliphatic rings.